The number of rotatable bonds is 2. The van der Waals surface area contributed by atoms with Gasteiger partial charge < -0.3 is 4.42 Å². The van der Waals surface area contributed by atoms with Crippen molar-refractivity contribution in [1.82, 2.24) is 0 Å². The van der Waals surface area contributed by atoms with E-state index in [4.69, 9.17) is 5.79 Å². The van der Waals surface area contributed by atoms with Crippen molar-refractivity contribution in [2.45, 2.75) is 78.0 Å². The van der Waals surface area contributed by atoms with Crippen molar-refractivity contribution in [3.8, 4) is 11.3 Å². The van der Waals surface area contributed by atoms with Crippen LogP contribution in [0.2, 0.25) is 0 Å². The molecule has 0 fully saturated rings. The molecule has 3 aromatic carbocycles. The maximum atomic E-state index is 8.62. The minimum absolute atomic E-state index is 0.0802. The molecular formula is C34H38NO+. The van der Waals surface area contributed by atoms with E-state index in [1.807, 2.05) is 19.9 Å². The zero-order valence-corrected chi connectivity index (χ0v) is 23.0. The van der Waals surface area contributed by atoms with Crippen LogP contribution in [0.25, 0.3) is 44.0 Å². The smallest absolute Gasteiger partial charge is 0.216 e. The van der Waals surface area contributed by atoms with Gasteiger partial charge in [0.2, 0.25) is 5.69 Å². The van der Waals surface area contributed by atoms with Crippen molar-refractivity contribution in [2.75, 3.05) is 0 Å². The lowest BCUT2D eigenvalue weighted by atomic mass is 9.62. The largest absolute Gasteiger partial charge is 0.454 e. The van der Waals surface area contributed by atoms with E-state index < -0.39 is 5.89 Å². The van der Waals surface area contributed by atoms with E-state index in [9.17, 15) is 0 Å². The second-order valence-corrected chi connectivity index (χ2v) is 12.4. The highest BCUT2D eigenvalue weighted by atomic mass is 16.3. The summed E-state index contributed by atoms with van der Waals surface area (Å²) >= 11 is 0. The monoisotopic (exact) mass is 477 g/mol. The minimum Gasteiger partial charge on any atom is -0.454 e. The lowest BCUT2D eigenvalue weighted by Crippen LogP contribution is -2.34. The number of hydrogen-bond acceptors (Lipinski definition) is 1. The molecule has 5 aromatic rings. The van der Waals surface area contributed by atoms with Gasteiger partial charge in [-0.25, -0.2) is 4.57 Å². The maximum Gasteiger partial charge on any atom is 0.216 e. The molecule has 0 saturated carbocycles. The first-order valence-electron chi connectivity index (χ1n) is 13.7. The molecule has 2 aromatic heterocycles. The van der Waals surface area contributed by atoms with Gasteiger partial charge in [0.1, 0.15) is 18.2 Å². The van der Waals surface area contributed by atoms with Crippen LogP contribution in [0.15, 0.2) is 59.1 Å². The predicted octanol–water partition coefficient (Wildman–Crippen LogP) is 9.01. The maximum absolute atomic E-state index is 8.62. The quantitative estimate of drug-likeness (QED) is 0.232. The molecule has 0 unspecified atom stereocenters. The summed E-state index contributed by atoms with van der Waals surface area (Å²) in [5, 5.41) is 4.85. The normalized spacial score (nSPS) is 17.5. The Labute approximate surface area is 216 Å². The molecule has 0 atom stereocenters. The number of fused-ring (bicyclic) bond motifs is 7. The van der Waals surface area contributed by atoms with E-state index in [1.54, 1.807) is 0 Å². The van der Waals surface area contributed by atoms with Crippen LogP contribution in [-0.4, -0.2) is 0 Å². The molecule has 1 aliphatic carbocycles. The van der Waals surface area contributed by atoms with Crippen molar-refractivity contribution in [3.05, 3.63) is 77.0 Å². The lowest BCUT2D eigenvalue weighted by Gasteiger charge is -2.42. The average molecular weight is 478 g/mol. The zero-order chi connectivity index (χ0) is 26.5. The van der Waals surface area contributed by atoms with Crippen LogP contribution in [0, 0.1) is 6.92 Å². The van der Waals surface area contributed by atoms with Gasteiger partial charge in [0.25, 0.3) is 0 Å². The average Bonchev–Trinajstić information content (AvgIpc) is 3.20. The molecular weight excluding hydrogens is 438 g/mol. The fourth-order valence-corrected chi connectivity index (χ4v) is 6.40. The van der Waals surface area contributed by atoms with Gasteiger partial charge in [-0.3, -0.25) is 0 Å². The number of pyridine rings is 1. The third-order valence-electron chi connectivity index (χ3n) is 8.76. The van der Waals surface area contributed by atoms with Gasteiger partial charge in [-0.05, 0) is 70.2 Å². The summed E-state index contributed by atoms with van der Waals surface area (Å²) in [7, 11) is 2.08. The van der Waals surface area contributed by atoms with E-state index >= 15 is 0 Å². The Bertz CT molecular complexity index is 1730. The minimum atomic E-state index is -0.674. The van der Waals surface area contributed by atoms with Gasteiger partial charge in [0.05, 0.1) is 5.56 Å². The molecule has 0 amide bonds. The Morgan fingerprint density at radius 2 is 1.56 bits per heavy atom. The van der Waals surface area contributed by atoms with E-state index in [0.717, 1.165) is 33.4 Å². The van der Waals surface area contributed by atoms with Gasteiger partial charge in [-0.2, -0.15) is 0 Å². The molecule has 36 heavy (non-hydrogen) atoms. The number of aryl methyl sites for hydroxylation is 2. The second kappa shape index (κ2) is 7.68. The van der Waals surface area contributed by atoms with Crippen molar-refractivity contribution < 1.29 is 10.4 Å². The predicted molar refractivity (Wildman–Crippen MR) is 152 cm³/mol. The summed E-state index contributed by atoms with van der Waals surface area (Å²) in [6, 6.07) is 17.8. The highest BCUT2D eigenvalue weighted by Gasteiger charge is 2.39. The van der Waals surface area contributed by atoms with E-state index in [0.29, 0.717) is 0 Å². The molecule has 6 rings (SSSR count). The van der Waals surface area contributed by atoms with Gasteiger partial charge in [0.15, 0.2) is 6.20 Å². The molecule has 0 bridgehead atoms. The molecule has 2 nitrogen and oxygen atoms in total. The molecule has 1 aliphatic rings. The summed E-state index contributed by atoms with van der Waals surface area (Å²) in [6.07, 6.45) is 4.42. The highest BCUT2D eigenvalue weighted by Crippen LogP contribution is 2.51. The van der Waals surface area contributed by atoms with Gasteiger partial charge in [0, 0.05) is 29.7 Å². The summed E-state index contributed by atoms with van der Waals surface area (Å²) < 4.78 is 17.8. The van der Waals surface area contributed by atoms with Gasteiger partial charge >= 0.3 is 0 Å². The molecule has 184 valence electrons. The number of aromatic nitrogens is 1. The van der Waals surface area contributed by atoms with E-state index in [2.05, 4.69) is 94.9 Å². The van der Waals surface area contributed by atoms with Gasteiger partial charge in [-0.1, -0.05) is 71.9 Å². The summed E-state index contributed by atoms with van der Waals surface area (Å²) in [6.45, 7) is 15.6. The van der Waals surface area contributed by atoms with E-state index in [1.165, 1.54) is 45.7 Å². The third-order valence-corrected chi connectivity index (χ3v) is 8.76. The first-order valence-corrected chi connectivity index (χ1v) is 13.2. The fourth-order valence-electron chi connectivity index (χ4n) is 6.40. The zero-order valence-electron chi connectivity index (χ0n) is 24.0. The van der Waals surface area contributed by atoms with Crippen LogP contribution in [0.5, 0.6) is 0 Å². The number of furan rings is 1. The fraction of sp³-hybridized carbons (Fsp3) is 0.382. The summed E-state index contributed by atoms with van der Waals surface area (Å²) in [5.41, 5.74) is 9.43. The lowest BCUT2D eigenvalue weighted by molar-refractivity contribution is -0.660. The van der Waals surface area contributed by atoms with Crippen molar-refractivity contribution in [2.24, 2.45) is 7.05 Å². The summed E-state index contributed by atoms with van der Waals surface area (Å²) in [4.78, 5) is 0. The van der Waals surface area contributed by atoms with Crippen molar-refractivity contribution in [3.63, 3.8) is 0 Å². The third kappa shape index (κ3) is 3.26. The Morgan fingerprint density at radius 3 is 2.31 bits per heavy atom. The Morgan fingerprint density at radius 1 is 0.889 bits per heavy atom. The van der Waals surface area contributed by atoms with E-state index in [-0.39, 0.29) is 10.8 Å². The number of benzene rings is 3. The molecule has 0 spiro atoms. The van der Waals surface area contributed by atoms with Crippen LogP contribution >= 0.6 is 0 Å². The molecule has 0 aliphatic heterocycles. The Kier molecular flexibility index (Phi) is 4.72. The standard InChI is InChI=1S/C34H38NO/c1-20(2)23-15-18-35(8)27(19-23)28-21(3)9-12-24-25-13-10-22-11-14-26-30(29(22)32(25)36-31(24)28)34(6,7)17-16-33(26,4)5/h9-15,18-20H,16-17H2,1-8H3/q+1/i20D. The van der Waals surface area contributed by atoms with Crippen LogP contribution in [0.4, 0.5) is 0 Å². The van der Waals surface area contributed by atoms with Crippen LogP contribution in [0.1, 0.15) is 83.9 Å². The van der Waals surface area contributed by atoms with Crippen LogP contribution in [-0.2, 0) is 17.9 Å². The molecule has 0 radical (unpaired) electrons. The topological polar surface area (TPSA) is 17.0 Å². The molecule has 0 saturated heterocycles. The van der Waals surface area contributed by atoms with Crippen LogP contribution in [0.3, 0.4) is 0 Å². The Hall–Kier alpha value is -3.13. The van der Waals surface area contributed by atoms with Crippen LogP contribution < -0.4 is 4.57 Å². The number of nitrogens with zero attached hydrogens (tertiary/aromatic N) is 1. The van der Waals surface area contributed by atoms with Crippen molar-refractivity contribution in [1.29, 1.82) is 0 Å². The number of hydrogen-bond donors (Lipinski definition) is 0. The second-order valence-electron chi connectivity index (χ2n) is 12.4. The SMILES string of the molecule is [2H]C(C)(C)c1cc[n+](C)c(-c2c(C)ccc3c2oc2c3ccc3ccc4c(c32)C(C)(C)CCC4(C)C)c1. The van der Waals surface area contributed by atoms with Gasteiger partial charge in [-0.15, -0.1) is 0 Å². The molecule has 2 heterocycles. The first kappa shape index (κ1) is 22.1. The Balaban J connectivity index is 1.75. The first-order chi connectivity index (χ1) is 17.3. The highest BCUT2D eigenvalue weighted by molar-refractivity contribution is 6.18. The summed E-state index contributed by atoms with van der Waals surface area (Å²) in [5.74, 6) is -0.674. The van der Waals surface area contributed by atoms with Crippen molar-refractivity contribution >= 4 is 32.7 Å². The molecule has 2 heteroatoms. The molecule has 0 N–H and O–H groups in total.